The quantitative estimate of drug-likeness (QED) is 0.904. The molecule has 0 unspecified atom stereocenters. The molecule has 1 rings (SSSR count). The number of carbonyl (C=O) groups is 1. The van der Waals surface area contributed by atoms with E-state index in [0.717, 1.165) is 0 Å². The number of hydrogen-bond acceptors (Lipinski definition) is 2. The molecule has 0 heterocycles. The number of amides is 1. The van der Waals surface area contributed by atoms with E-state index < -0.39 is 0 Å². The third-order valence-electron chi connectivity index (χ3n) is 2.33. The van der Waals surface area contributed by atoms with Crippen LogP contribution in [0.25, 0.3) is 0 Å². The van der Waals surface area contributed by atoms with Crippen molar-refractivity contribution in [2.45, 2.75) is 47.1 Å². The zero-order valence-corrected chi connectivity index (χ0v) is 12.8. The minimum Gasteiger partial charge on any atom is -0.487 e. The number of rotatable bonds is 3. The highest BCUT2D eigenvalue weighted by Gasteiger charge is 2.19. The Morgan fingerprint density at radius 1 is 1.11 bits per heavy atom. The molecule has 0 spiro atoms. The predicted molar refractivity (Wildman–Crippen MR) is 78.6 cm³/mol. The van der Waals surface area contributed by atoms with Crippen molar-refractivity contribution in [3.8, 4) is 5.75 Å². The minimum atomic E-state index is -0.319. The van der Waals surface area contributed by atoms with Crippen molar-refractivity contribution >= 4 is 5.91 Å². The zero-order valence-electron chi connectivity index (χ0n) is 12.8. The first kappa shape index (κ1) is 15.5. The van der Waals surface area contributed by atoms with Gasteiger partial charge in [-0.3, -0.25) is 4.79 Å². The van der Waals surface area contributed by atoms with Gasteiger partial charge in [0.15, 0.2) is 0 Å². The Morgan fingerprint density at radius 2 is 1.68 bits per heavy atom. The summed E-state index contributed by atoms with van der Waals surface area (Å²) in [6.07, 6.45) is 0. The van der Waals surface area contributed by atoms with Crippen molar-refractivity contribution in [3.05, 3.63) is 29.8 Å². The Balaban J connectivity index is 2.85. The van der Waals surface area contributed by atoms with E-state index in [1.165, 1.54) is 0 Å². The van der Waals surface area contributed by atoms with Gasteiger partial charge in [0.05, 0.1) is 5.56 Å². The molecule has 0 atom stereocenters. The van der Waals surface area contributed by atoms with Crippen molar-refractivity contribution in [1.29, 1.82) is 0 Å². The molecular formula is C16H25NO2. The van der Waals surface area contributed by atoms with E-state index in [2.05, 4.69) is 26.1 Å². The van der Waals surface area contributed by atoms with Gasteiger partial charge in [0.2, 0.25) is 0 Å². The second-order valence-corrected chi connectivity index (χ2v) is 6.95. The average molecular weight is 263 g/mol. The van der Waals surface area contributed by atoms with Crippen molar-refractivity contribution in [3.63, 3.8) is 0 Å². The maximum absolute atomic E-state index is 12.2. The fourth-order valence-electron chi connectivity index (χ4n) is 1.51. The molecule has 0 aliphatic rings. The third kappa shape index (κ3) is 5.77. The largest absolute Gasteiger partial charge is 0.487 e. The van der Waals surface area contributed by atoms with E-state index in [0.29, 0.717) is 17.9 Å². The normalized spacial score (nSPS) is 12.1. The van der Waals surface area contributed by atoms with Crippen molar-refractivity contribution in [2.24, 2.45) is 5.41 Å². The molecule has 1 aromatic rings. The smallest absolute Gasteiger partial charge is 0.255 e. The fraction of sp³-hybridized carbons (Fsp3) is 0.562. The first-order chi connectivity index (χ1) is 8.58. The molecule has 0 aliphatic heterocycles. The number of nitrogens with one attached hydrogen (secondary N) is 1. The summed E-state index contributed by atoms with van der Waals surface area (Å²) in [6.45, 7) is 12.8. The summed E-state index contributed by atoms with van der Waals surface area (Å²) < 4.78 is 5.83. The SMILES string of the molecule is CC(C)(C)CNC(=O)c1ccccc1OC(C)(C)C. The molecule has 3 heteroatoms. The Hall–Kier alpha value is -1.51. The highest BCUT2D eigenvalue weighted by molar-refractivity contribution is 5.96. The second-order valence-electron chi connectivity index (χ2n) is 6.95. The van der Waals surface area contributed by atoms with Crippen LogP contribution >= 0.6 is 0 Å². The van der Waals surface area contributed by atoms with Gasteiger partial charge in [-0.25, -0.2) is 0 Å². The Labute approximate surface area is 116 Å². The predicted octanol–water partition coefficient (Wildman–Crippen LogP) is 3.64. The summed E-state index contributed by atoms with van der Waals surface area (Å²) >= 11 is 0. The van der Waals surface area contributed by atoms with Gasteiger partial charge in [-0.15, -0.1) is 0 Å². The highest BCUT2D eigenvalue weighted by Crippen LogP contribution is 2.23. The third-order valence-corrected chi connectivity index (χ3v) is 2.33. The fourth-order valence-corrected chi connectivity index (χ4v) is 1.51. The molecule has 1 N–H and O–H groups in total. The van der Waals surface area contributed by atoms with Crippen molar-refractivity contribution < 1.29 is 9.53 Å². The minimum absolute atomic E-state index is 0.0650. The number of para-hydroxylation sites is 1. The van der Waals surface area contributed by atoms with E-state index >= 15 is 0 Å². The van der Waals surface area contributed by atoms with Gasteiger partial charge in [0.25, 0.3) is 5.91 Å². The monoisotopic (exact) mass is 263 g/mol. The van der Waals surface area contributed by atoms with Crippen LogP contribution in [0.5, 0.6) is 5.75 Å². The molecule has 0 aliphatic carbocycles. The molecule has 0 saturated carbocycles. The van der Waals surface area contributed by atoms with Crippen LogP contribution in [0.15, 0.2) is 24.3 Å². The number of hydrogen-bond donors (Lipinski definition) is 1. The second kappa shape index (κ2) is 5.64. The Bertz CT molecular complexity index is 439. The summed E-state index contributed by atoms with van der Waals surface area (Å²) in [5.41, 5.74) is 0.331. The van der Waals surface area contributed by atoms with Crippen LogP contribution < -0.4 is 10.1 Å². The van der Waals surface area contributed by atoms with Gasteiger partial charge in [0.1, 0.15) is 11.4 Å². The molecule has 19 heavy (non-hydrogen) atoms. The number of benzene rings is 1. The lowest BCUT2D eigenvalue weighted by Crippen LogP contribution is -2.33. The molecule has 1 amide bonds. The molecule has 0 saturated heterocycles. The highest BCUT2D eigenvalue weighted by atomic mass is 16.5. The van der Waals surface area contributed by atoms with Crippen LogP contribution in [-0.2, 0) is 0 Å². The van der Waals surface area contributed by atoms with Gasteiger partial charge < -0.3 is 10.1 Å². The van der Waals surface area contributed by atoms with Crippen LogP contribution in [0, 0.1) is 5.41 Å². The first-order valence-corrected chi connectivity index (χ1v) is 6.65. The summed E-state index contributed by atoms with van der Waals surface area (Å²) in [5.74, 6) is 0.538. The average Bonchev–Trinajstić information content (AvgIpc) is 2.23. The lowest BCUT2D eigenvalue weighted by molar-refractivity contribution is 0.0919. The molecule has 0 bridgehead atoms. The standard InChI is InChI=1S/C16H25NO2/c1-15(2,3)11-17-14(18)12-9-7-8-10-13(12)19-16(4,5)6/h7-10H,11H2,1-6H3,(H,17,18). The summed E-state index contributed by atoms with van der Waals surface area (Å²) in [4.78, 5) is 12.2. The maximum Gasteiger partial charge on any atom is 0.255 e. The van der Waals surface area contributed by atoms with Gasteiger partial charge >= 0.3 is 0 Å². The summed E-state index contributed by atoms with van der Waals surface area (Å²) in [6, 6.07) is 7.35. The molecule has 1 aromatic carbocycles. The van der Waals surface area contributed by atoms with E-state index in [1.807, 2.05) is 39.0 Å². The van der Waals surface area contributed by atoms with E-state index in [1.54, 1.807) is 6.07 Å². The molecule has 0 fully saturated rings. The molecule has 3 nitrogen and oxygen atoms in total. The first-order valence-electron chi connectivity index (χ1n) is 6.65. The van der Waals surface area contributed by atoms with Gasteiger partial charge in [-0.05, 0) is 38.3 Å². The van der Waals surface area contributed by atoms with E-state index in [4.69, 9.17) is 4.74 Å². The molecule has 0 radical (unpaired) electrons. The van der Waals surface area contributed by atoms with Crippen LogP contribution in [0.4, 0.5) is 0 Å². The van der Waals surface area contributed by atoms with Gasteiger partial charge in [-0.1, -0.05) is 32.9 Å². The van der Waals surface area contributed by atoms with Crippen LogP contribution in [-0.4, -0.2) is 18.1 Å². The van der Waals surface area contributed by atoms with Crippen molar-refractivity contribution in [2.75, 3.05) is 6.54 Å². The maximum atomic E-state index is 12.2. The number of carbonyl (C=O) groups excluding carboxylic acids is 1. The lowest BCUT2D eigenvalue weighted by atomic mass is 9.97. The van der Waals surface area contributed by atoms with Gasteiger partial charge in [0, 0.05) is 6.54 Å². The Morgan fingerprint density at radius 3 is 2.21 bits per heavy atom. The van der Waals surface area contributed by atoms with E-state index in [9.17, 15) is 4.79 Å². The molecule has 106 valence electrons. The lowest BCUT2D eigenvalue weighted by Gasteiger charge is -2.24. The van der Waals surface area contributed by atoms with Crippen LogP contribution in [0.3, 0.4) is 0 Å². The zero-order chi connectivity index (χ0) is 14.7. The topological polar surface area (TPSA) is 38.3 Å². The van der Waals surface area contributed by atoms with Gasteiger partial charge in [-0.2, -0.15) is 0 Å². The Kier molecular flexibility index (Phi) is 4.61. The summed E-state index contributed by atoms with van der Waals surface area (Å²) in [5, 5.41) is 2.95. The van der Waals surface area contributed by atoms with Crippen molar-refractivity contribution in [1.82, 2.24) is 5.32 Å². The summed E-state index contributed by atoms with van der Waals surface area (Å²) in [7, 11) is 0. The van der Waals surface area contributed by atoms with Crippen LogP contribution in [0.1, 0.15) is 51.9 Å². The molecule has 0 aromatic heterocycles. The number of ether oxygens (including phenoxy) is 1. The van der Waals surface area contributed by atoms with E-state index in [-0.39, 0.29) is 16.9 Å². The van der Waals surface area contributed by atoms with Crippen LogP contribution in [0.2, 0.25) is 0 Å². The molecular weight excluding hydrogens is 238 g/mol.